The number of unbranched alkanes of at least 4 members (excludes halogenated alkanes) is 1. The van der Waals surface area contributed by atoms with Crippen LogP contribution < -0.4 is 4.74 Å². The van der Waals surface area contributed by atoms with Gasteiger partial charge in [0.05, 0.1) is 19.8 Å². The first-order chi connectivity index (χ1) is 13.9. The van der Waals surface area contributed by atoms with Crippen LogP contribution in [0.2, 0.25) is 0 Å². The van der Waals surface area contributed by atoms with Gasteiger partial charge in [0.2, 0.25) is 0 Å². The monoisotopic (exact) mass is 381 g/mol. The van der Waals surface area contributed by atoms with E-state index < -0.39 is 0 Å². The van der Waals surface area contributed by atoms with E-state index in [0.717, 1.165) is 63.4 Å². The van der Waals surface area contributed by atoms with Crippen molar-refractivity contribution in [1.29, 1.82) is 0 Å². The third-order valence-corrected chi connectivity index (χ3v) is 6.57. The predicted octanol–water partition coefficient (Wildman–Crippen LogP) is 3.94. The Labute approximate surface area is 167 Å². The van der Waals surface area contributed by atoms with E-state index >= 15 is 0 Å². The van der Waals surface area contributed by atoms with Gasteiger partial charge >= 0.3 is 0 Å². The summed E-state index contributed by atoms with van der Waals surface area (Å²) in [5, 5.41) is 0. The van der Waals surface area contributed by atoms with Gasteiger partial charge in [-0.05, 0) is 75.3 Å². The molecule has 5 rings (SSSR count). The van der Waals surface area contributed by atoms with E-state index in [1.165, 1.54) is 37.7 Å². The molecule has 0 unspecified atom stereocenters. The molecular formula is C23H31N3O2. The van der Waals surface area contributed by atoms with Crippen molar-refractivity contribution in [1.82, 2.24) is 14.5 Å². The molecule has 1 aliphatic heterocycles. The molecule has 28 heavy (non-hydrogen) atoms. The SMILES string of the molecule is c1cn(C2(C3CC3)CC2)c(-c2ccc(OCCCCN3CCOCC3)cc2)n1. The lowest BCUT2D eigenvalue weighted by atomic mass is 10.1. The van der Waals surface area contributed by atoms with E-state index in [9.17, 15) is 0 Å². The molecule has 1 aromatic carbocycles. The van der Waals surface area contributed by atoms with Crippen molar-refractivity contribution in [3.8, 4) is 17.1 Å². The summed E-state index contributed by atoms with van der Waals surface area (Å²) < 4.78 is 13.8. The number of hydrogen-bond acceptors (Lipinski definition) is 4. The quantitative estimate of drug-likeness (QED) is 0.617. The largest absolute Gasteiger partial charge is 0.494 e. The molecule has 3 aliphatic rings. The van der Waals surface area contributed by atoms with Crippen LogP contribution in [0.4, 0.5) is 0 Å². The standard InChI is InChI=1S/C23H31N3O2/c1(12-25-14-17-27-18-15-25)2-16-28-21-7-3-19(4-8-21)22-24-11-13-26(22)23(9-10-23)20-5-6-20/h3-4,7-8,11,13,20H,1-2,5-6,9-10,12,14-18H2. The second-order valence-electron chi connectivity index (χ2n) is 8.53. The van der Waals surface area contributed by atoms with Crippen LogP contribution in [0.5, 0.6) is 5.75 Å². The summed E-state index contributed by atoms with van der Waals surface area (Å²) in [4.78, 5) is 7.15. The minimum atomic E-state index is 0.376. The fraction of sp³-hybridized carbons (Fsp3) is 0.609. The summed E-state index contributed by atoms with van der Waals surface area (Å²) in [5.41, 5.74) is 1.57. The van der Waals surface area contributed by atoms with Crippen LogP contribution >= 0.6 is 0 Å². The number of morpholine rings is 1. The minimum absolute atomic E-state index is 0.376. The Morgan fingerprint density at radius 3 is 2.57 bits per heavy atom. The summed E-state index contributed by atoms with van der Waals surface area (Å²) >= 11 is 0. The van der Waals surface area contributed by atoms with Crippen molar-refractivity contribution < 1.29 is 9.47 Å². The van der Waals surface area contributed by atoms with Gasteiger partial charge in [0.25, 0.3) is 0 Å². The van der Waals surface area contributed by atoms with Gasteiger partial charge in [0.1, 0.15) is 11.6 Å². The van der Waals surface area contributed by atoms with Crippen LogP contribution in [0, 0.1) is 5.92 Å². The van der Waals surface area contributed by atoms with E-state index in [2.05, 4.69) is 44.9 Å². The van der Waals surface area contributed by atoms with Crippen LogP contribution in [0.3, 0.4) is 0 Å². The van der Waals surface area contributed by atoms with Gasteiger partial charge in [0, 0.05) is 36.6 Å². The fourth-order valence-electron chi connectivity index (χ4n) is 4.62. The van der Waals surface area contributed by atoms with Gasteiger partial charge in [-0.15, -0.1) is 0 Å². The van der Waals surface area contributed by atoms with Crippen LogP contribution in [-0.4, -0.2) is 53.9 Å². The lowest BCUT2D eigenvalue weighted by Gasteiger charge is -2.26. The van der Waals surface area contributed by atoms with Crippen molar-refractivity contribution in [3.63, 3.8) is 0 Å². The van der Waals surface area contributed by atoms with Gasteiger partial charge in [-0.25, -0.2) is 4.98 Å². The Balaban J connectivity index is 1.12. The molecule has 0 radical (unpaired) electrons. The molecule has 0 amide bonds. The Hall–Kier alpha value is -1.85. The number of imidazole rings is 1. The van der Waals surface area contributed by atoms with Gasteiger partial charge in [-0.3, -0.25) is 4.90 Å². The van der Waals surface area contributed by atoms with E-state index in [0.29, 0.717) is 5.54 Å². The maximum absolute atomic E-state index is 5.96. The molecule has 0 bridgehead atoms. The normalized spacial score (nSPS) is 21.6. The average Bonchev–Trinajstić information content (AvgIpc) is 3.67. The molecule has 5 nitrogen and oxygen atoms in total. The molecular weight excluding hydrogens is 350 g/mol. The highest BCUT2D eigenvalue weighted by atomic mass is 16.5. The van der Waals surface area contributed by atoms with Gasteiger partial charge in [0.15, 0.2) is 0 Å². The van der Waals surface area contributed by atoms with E-state index in [-0.39, 0.29) is 0 Å². The highest BCUT2D eigenvalue weighted by Crippen LogP contribution is 2.60. The molecule has 1 saturated heterocycles. The van der Waals surface area contributed by atoms with Crippen LogP contribution in [0.15, 0.2) is 36.7 Å². The molecule has 0 atom stereocenters. The van der Waals surface area contributed by atoms with Gasteiger partial charge in [-0.2, -0.15) is 0 Å². The smallest absolute Gasteiger partial charge is 0.140 e. The molecule has 2 saturated carbocycles. The average molecular weight is 382 g/mol. The summed E-state index contributed by atoms with van der Waals surface area (Å²) in [6, 6.07) is 8.50. The third kappa shape index (κ3) is 3.83. The van der Waals surface area contributed by atoms with Crippen LogP contribution in [0.1, 0.15) is 38.5 Å². The van der Waals surface area contributed by atoms with Crippen molar-refractivity contribution in [2.45, 2.75) is 44.1 Å². The first-order valence-corrected chi connectivity index (χ1v) is 10.9. The number of aromatic nitrogens is 2. The maximum atomic E-state index is 5.96. The first-order valence-electron chi connectivity index (χ1n) is 10.9. The van der Waals surface area contributed by atoms with E-state index in [1.807, 2.05) is 6.20 Å². The molecule has 150 valence electrons. The molecule has 0 N–H and O–H groups in total. The Bertz CT molecular complexity index is 771. The fourth-order valence-corrected chi connectivity index (χ4v) is 4.62. The van der Waals surface area contributed by atoms with Crippen molar-refractivity contribution >= 4 is 0 Å². The number of ether oxygens (including phenoxy) is 2. The Morgan fingerprint density at radius 2 is 1.86 bits per heavy atom. The maximum Gasteiger partial charge on any atom is 0.140 e. The second-order valence-corrected chi connectivity index (χ2v) is 8.53. The molecule has 0 spiro atoms. The Morgan fingerprint density at radius 1 is 1.07 bits per heavy atom. The molecule has 2 heterocycles. The van der Waals surface area contributed by atoms with Crippen molar-refractivity contribution in [2.75, 3.05) is 39.5 Å². The number of hydrogen-bond donors (Lipinski definition) is 0. The number of benzene rings is 1. The highest BCUT2D eigenvalue weighted by molar-refractivity contribution is 5.57. The van der Waals surface area contributed by atoms with Crippen molar-refractivity contribution in [3.05, 3.63) is 36.7 Å². The van der Waals surface area contributed by atoms with Gasteiger partial charge < -0.3 is 14.0 Å². The second kappa shape index (κ2) is 7.88. The van der Waals surface area contributed by atoms with Crippen LogP contribution in [0.25, 0.3) is 11.4 Å². The topological polar surface area (TPSA) is 39.5 Å². The van der Waals surface area contributed by atoms with Crippen LogP contribution in [-0.2, 0) is 10.3 Å². The third-order valence-electron chi connectivity index (χ3n) is 6.57. The number of nitrogens with zero attached hydrogens (tertiary/aromatic N) is 3. The molecule has 3 fully saturated rings. The zero-order valence-electron chi connectivity index (χ0n) is 16.7. The highest BCUT2D eigenvalue weighted by Gasteiger charge is 2.55. The summed E-state index contributed by atoms with van der Waals surface area (Å²) in [6.45, 7) is 5.83. The van der Waals surface area contributed by atoms with Gasteiger partial charge in [-0.1, -0.05) is 0 Å². The Kier molecular flexibility index (Phi) is 5.12. The summed E-state index contributed by atoms with van der Waals surface area (Å²) in [6.07, 6.45) is 11.8. The zero-order valence-corrected chi connectivity index (χ0v) is 16.7. The lowest BCUT2D eigenvalue weighted by Crippen LogP contribution is -2.36. The molecule has 2 aliphatic carbocycles. The minimum Gasteiger partial charge on any atom is -0.494 e. The molecule has 2 aromatic rings. The van der Waals surface area contributed by atoms with Crippen molar-refractivity contribution in [2.24, 2.45) is 5.92 Å². The lowest BCUT2D eigenvalue weighted by molar-refractivity contribution is 0.0368. The van der Waals surface area contributed by atoms with E-state index in [4.69, 9.17) is 9.47 Å². The predicted molar refractivity (Wildman–Crippen MR) is 110 cm³/mol. The summed E-state index contributed by atoms with van der Waals surface area (Å²) in [5.74, 6) is 2.94. The molecule has 5 heteroatoms. The summed E-state index contributed by atoms with van der Waals surface area (Å²) in [7, 11) is 0. The zero-order chi connectivity index (χ0) is 18.8. The first kappa shape index (κ1) is 18.2. The van der Waals surface area contributed by atoms with E-state index in [1.54, 1.807) is 0 Å². The molecule has 1 aromatic heterocycles. The number of rotatable bonds is 9.